The Kier molecular flexibility index (Phi) is 6.42. The van der Waals surface area contributed by atoms with Crippen LogP contribution in [0.25, 0.3) is 5.57 Å². The van der Waals surface area contributed by atoms with Gasteiger partial charge in [0, 0.05) is 4.47 Å². The summed E-state index contributed by atoms with van der Waals surface area (Å²) in [6, 6.07) is 4.53. The van der Waals surface area contributed by atoms with Gasteiger partial charge in [-0.1, -0.05) is 44.2 Å². The Balaban J connectivity index is 0.000000771. The first kappa shape index (κ1) is 15.2. The summed E-state index contributed by atoms with van der Waals surface area (Å²) in [7, 11) is 0. The number of hydrogen-bond donors (Lipinski definition) is 0. The second kappa shape index (κ2) is 7.58. The van der Waals surface area contributed by atoms with Gasteiger partial charge in [0.05, 0.1) is 0 Å². The van der Waals surface area contributed by atoms with E-state index in [0.717, 1.165) is 0 Å². The third-order valence-corrected chi connectivity index (χ3v) is 4.09. The largest absolute Gasteiger partial charge is 0.0871 e. The number of allylic oxidation sites excluding steroid dienone is 4. The van der Waals surface area contributed by atoms with E-state index in [-0.39, 0.29) is 0 Å². The highest BCUT2D eigenvalue weighted by Gasteiger charge is 2.16. The van der Waals surface area contributed by atoms with Gasteiger partial charge < -0.3 is 0 Å². The van der Waals surface area contributed by atoms with Crippen molar-refractivity contribution < 1.29 is 0 Å². The molecule has 2 rings (SSSR count). The average Bonchev–Trinajstić information content (AvgIpc) is 2.89. The van der Waals surface area contributed by atoms with Gasteiger partial charge in [0.1, 0.15) is 0 Å². The summed E-state index contributed by atoms with van der Waals surface area (Å²) >= 11 is 3.77. The number of rotatable bonds is 2. The molecular formula is C17H23Br. The third-order valence-electron chi connectivity index (χ3n) is 3.18. The molecule has 0 atom stereocenters. The van der Waals surface area contributed by atoms with Gasteiger partial charge in [-0.25, -0.2) is 0 Å². The van der Waals surface area contributed by atoms with Gasteiger partial charge in [-0.3, -0.25) is 0 Å². The van der Waals surface area contributed by atoms with Crippen molar-refractivity contribution in [3.05, 3.63) is 51.5 Å². The van der Waals surface area contributed by atoms with E-state index in [1.807, 2.05) is 13.8 Å². The van der Waals surface area contributed by atoms with Crippen LogP contribution in [0.3, 0.4) is 0 Å². The van der Waals surface area contributed by atoms with Gasteiger partial charge in [0.2, 0.25) is 0 Å². The molecule has 0 bridgehead atoms. The van der Waals surface area contributed by atoms with E-state index < -0.39 is 0 Å². The van der Waals surface area contributed by atoms with Crippen LogP contribution in [0.1, 0.15) is 50.8 Å². The molecule has 1 aliphatic carbocycles. The molecule has 1 aliphatic rings. The van der Waals surface area contributed by atoms with Crippen molar-refractivity contribution in [2.24, 2.45) is 0 Å². The van der Waals surface area contributed by atoms with E-state index in [0.29, 0.717) is 0 Å². The predicted octanol–water partition coefficient (Wildman–Crippen LogP) is 5.94. The van der Waals surface area contributed by atoms with E-state index >= 15 is 0 Å². The Morgan fingerprint density at radius 2 is 1.89 bits per heavy atom. The van der Waals surface area contributed by atoms with Crippen molar-refractivity contribution in [1.82, 2.24) is 0 Å². The molecule has 1 heteroatoms. The average molecular weight is 307 g/mol. The molecule has 0 amide bonds. The fourth-order valence-corrected chi connectivity index (χ4v) is 3.18. The van der Waals surface area contributed by atoms with Crippen LogP contribution >= 0.6 is 15.9 Å². The van der Waals surface area contributed by atoms with Gasteiger partial charge >= 0.3 is 0 Å². The minimum atomic E-state index is 1.22. The normalized spacial score (nSPS) is 14.4. The molecule has 1 aromatic carbocycles. The summed E-state index contributed by atoms with van der Waals surface area (Å²) in [5.74, 6) is 0. The van der Waals surface area contributed by atoms with E-state index in [4.69, 9.17) is 0 Å². The maximum absolute atomic E-state index is 3.77. The van der Waals surface area contributed by atoms with E-state index in [1.165, 1.54) is 46.0 Å². The maximum atomic E-state index is 3.77. The molecule has 0 heterocycles. The van der Waals surface area contributed by atoms with E-state index in [9.17, 15) is 0 Å². The molecule has 0 saturated heterocycles. The Hall–Kier alpha value is -0.820. The SMILES string of the molecule is C/C=C\C(=C/C)c1ccc2c(c1Br)CCC2.CC. The Labute approximate surface area is 120 Å². The summed E-state index contributed by atoms with van der Waals surface area (Å²) in [5, 5.41) is 0. The molecule has 0 N–H and O–H groups in total. The number of fused-ring (bicyclic) bond motifs is 1. The number of benzene rings is 1. The first-order valence-corrected chi connectivity index (χ1v) is 7.67. The fraction of sp³-hybridized carbons (Fsp3) is 0.412. The second-order valence-corrected chi connectivity index (χ2v) is 4.96. The van der Waals surface area contributed by atoms with Gasteiger partial charge in [-0.2, -0.15) is 0 Å². The first-order chi connectivity index (χ1) is 8.77. The highest BCUT2D eigenvalue weighted by atomic mass is 79.9. The van der Waals surface area contributed by atoms with Crippen molar-refractivity contribution in [1.29, 1.82) is 0 Å². The molecule has 0 fully saturated rings. The zero-order valence-corrected chi connectivity index (χ0v) is 13.5. The molecular weight excluding hydrogens is 284 g/mol. The van der Waals surface area contributed by atoms with Crippen LogP contribution in [-0.2, 0) is 12.8 Å². The lowest BCUT2D eigenvalue weighted by Crippen LogP contribution is -1.90. The van der Waals surface area contributed by atoms with Gasteiger partial charge in [-0.15, -0.1) is 0 Å². The maximum Gasteiger partial charge on any atom is 0.0288 e. The second-order valence-electron chi connectivity index (χ2n) is 4.16. The molecule has 0 aliphatic heterocycles. The fourth-order valence-electron chi connectivity index (χ4n) is 2.37. The lowest BCUT2D eigenvalue weighted by Gasteiger charge is -2.10. The van der Waals surface area contributed by atoms with Gasteiger partial charge in [0.25, 0.3) is 0 Å². The Morgan fingerprint density at radius 3 is 2.50 bits per heavy atom. The molecule has 0 spiro atoms. The quantitative estimate of drug-likeness (QED) is 0.593. The van der Waals surface area contributed by atoms with Crippen molar-refractivity contribution in [3.63, 3.8) is 0 Å². The van der Waals surface area contributed by atoms with Crippen LogP contribution < -0.4 is 0 Å². The minimum Gasteiger partial charge on any atom is -0.0871 e. The molecule has 0 saturated carbocycles. The Morgan fingerprint density at radius 1 is 1.17 bits per heavy atom. The summed E-state index contributed by atoms with van der Waals surface area (Å²) in [5.41, 5.74) is 5.65. The number of hydrogen-bond acceptors (Lipinski definition) is 0. The van der Waals surface area contributed by atoms with Crippen LogP contribution in [0.15, 0.2) is 34.8 Å². The lowest BCUT2D eigenvalue weighted by atomic mass is 10.00. The van der Waals surface area contributed by atoms with Crippen LogP contribution in [0.5, 0.6) is 0 Å². The van der Waals surface area contributed by atoms with Crippen LogP contribution in [0.4, 0.5) is 0 Å². The highest BCUT2D eigenvalue weighted by Crippen LogP contribution is 2.35. The highest BCUT2D eigenvalue weighted by molar-refractivity contribution is 9.10. The summed E-state index contributed by atoms with van der Waals surface area (Å²) < 4.78 is 1.30. The molecule has 98 valence electrons. The predicted molar refractivity (Wildman–Crippen MR) is 86.0 cm³/mol. The van der Waals surface area contributed by atoms with Crippen molar-refractivity contribution in [3.8, 4) is 0 Å². The molecule has 0 aromatic heterocycles. The number of halogens is 1. The van der Waals surface area contributed by atoms with Crippen LogP contribution in [0, 0.1) is 0 Å². The minimum absolute atomic E-state index is 1.22. The Bertz CT molecular complexity index is 453. The first-order valence-electron chi connectivity index (χ1n) is 6.87. The summed E-state index contributed by atoms with van der Waals surface area (Å²) in [6.07, 6.45) is 10.2. The molecule has 0 unspecified atom stereocenters. The summed E-state index contributed by atoms with van der Waals surface area (Å²) in [4.78, 5) is 0. The smallest absolute Gasteiger partial charge is 0.0288 e. The zero-order valence-electron chi connectivity index (χ0n) is 11.9. The van der Waals surface area contributed by atoms with E-state index in [1.54, 1.807) is 0 Å². The lowest BCUT2D eigenvalue weighted by molar-refractivity contribution is 0.910. The third kappa shape index (κ3) is 3.14. The van der Waals surface area contributed by atoms with Gasteiger partial charge in [-0.05, 0) is 71.3 Å². The van der Waals surface area contributed by atoms with Crippen molar-refractivity contribution in [2.75, 3.05) is 0 Å². The standard InChI is InChI=1S/C15H17Br.C2H6/c1-3-6-11(4-2)14-10-9-12-7-5-8-13(12)15(14)16;1-2/h3-4,6,9-10H,5,7-8H2,1-2H3;1-2H3/b6-3-,11-4+;. The van der Waals surface area contributed by atoms with Crippen molar-refractivity contribution >= 4 is 21.5 Å². The topological polar surface area (TPSA) is 0 Å². The van der Waals surface area contributed by atoms with Gasteiger partial charge in [0.15, 0.2) is 0 Å². The molecule has 1 aromatic rings. The van der Waals surface area contributed by atoms with Crippen LogP contribution in [0.2, 0.25) is 0 Å². The van der Waals surface area contributed by atoms with Crippen molar-refractivity contribution in [2.45, 2.75) is 47.0 Å². The molecule has 0 radical (unpaired) electrons. The molecule has 0 nitrogen and oxygen atoms in total. The van der Waals surface area contributed by atoms with E-state index in [2.05, 4.69) is 60.1 Å². The number of aryl methyl sites for hydroxylation is 1. The zero-order chi connectivity index (χ0) is 13.5. The monoisotopic (exact) mass is 306 g/mol. The summed E-state index contributed by atoms with van der Waals surface area (Å²) in [6.45, 7) is 8.15. The van der Waals surface area contributed by atoms with Crippen LogP contribution in [-0.4, -0.2) is 0 Å². The molecule has 18 heavy (non-hydrogen) atoms.